The molecule has 0 spiro atoms. The van der Waals surface area contributed by atoms with Crippen molar-refractivity contribution in [2.45, 2.75) is 58.2 Å². The van der Waals surface area contributed by atoms with Gasteiger partial charge in [-0.3, -0.25) is 0 Å². The summed E-state index contributed by atoms with van der Waals surface area (Å²) in [6, 6.07) is 6.93. The summed E-state index contributed by atoms with van der Waals surface area (Å²) in [5, 5.41) is 6.95. The van der Waals surface area contributed by atoms with Crippen LogP contribution in [0.4, 0.5) is 10.1 Å². The summed E-state index contributed by atoms with van der Waals surface area (Å²) in [4.78, 5) is 11.9. The van der Waals surface area contributed by atoms with Crippen molar-refractivity contribution in [3.63, 3.8) is 0 Å². The third-order valence-electron chi connectivity index (χ3n) is 6.87. The lowest BCUT2D eigenvalue weighted by Gasteiger charge is -2.35. The number of likely N-dealkylation sites (N-methyl/N-ethyl adjacent to an activating group) is 1. The Hall–Kier alpha value is -1.13. The molecule has 1 saturated carbocycles. The SMILES string of the molecule is CCNC(=NCc1ccc(N2CCN(CC)CC2)c(F)c1)NC1CCN(C2CC2)CC1.I. The van der Waals surface area contributed by atoms with Crippen LogP contribution < -0.4 is 15.5 Å². The van der Waals surface area contributed by atoms with Crippen LogP contribution in [0, 0.1) is 5.82 Å². The lowest BCUT2D eigenvalue weighted by Crippen LogP contribution is -2.49. The molecule has 2 heterocycles. The number of anilines is 1. The molecule has 4 rings (SSSR count). The van der Waals surface area contributed by atoms with Gasteiger partial charge in [0, 0.05) is 57.9 Å². The molecule has 0 amide bonds. The summed E-state index contributed by atoms with van der Waals surface area (Å²) in [5.41, 5.74) is 1.63. The minimum atomic E-state index is -0.136. The fourth-order valence-electron chi connectivity index (χ4n) is 4.74. The summed E-state index contributed by atoms with van der Waals surface area (Å²) >= 11 is 0. The summed E-state index contributed by atoms with van der Waals surface area (Å²) in [7, 11) is 0. The van der Waals surface area contributed by atoms with Crippen LogP contribution in [0.2, 0.25) is 0 Å². The summed E-state index contributed by atoms with van der Waals surface area (Å²) in [6.07, 6.45) is 5.09. The Labute approximate surface area is 210 Å². The zero-order valence-corrected chi connectivity index (χ0v) is 22.0. The van der Waals surface area contributed by atoms with E-state index in [2.05, 4.69) is 39.2 Å². The molecule has 3 aliphatic rings. The van der Waals surface area contributed by atoms with Gasteiger partial charge in [0.2, 0.25) is 0 Å². The van der Waals surface area contributed by atoms with Crippen molar-refractivity contribution in [1.29, 1.82) is 0 Å². The predicted molar refractivity (Wildman–Crippen MR) is 142 cm³/mol. The van der Waals surface area contributed by atoms with Gasteiger partial charge in [-0.2, -0.15) is 0 Å². The second-order valence-electron chi connectivity index (χ2n) is 9.09. The number of hydrogen-bond donors (Lipinski definition) is 2. The first-order valence-corrected chi connectivity index (χ1v) is 12.2. The van der Waals surface area contributed by atoms with Crippen LogP contribution in [0.5, 0.6) is 0 Å². The van der Waals surface area contributed by atoms with Gasteiger partial charge >= 0.3 is 0 Å². The number of nitrogens with one attached hydrogen (secondary N) is 2. The van der Waals surface area contributed by atoms with E-state index in [9.17, 15) is 4.39 Å². The third kappa shape index (κ3) is 6.93. The topological polar surface area (TPSA) is 46.1 Å². The Kier molecular flexibility index (Phi) is 9.85. The van der Waals surface area contributed by atoms with E-state index in [4.69, 9.17) is 4.99 Å². The van der Waals surface area contributed by atoms with Crippen LogP contribution in [0.1, 0.15) is 45.1 Å². The molecule has 0 radical (unpaired) electrons. The summed E-state index contributed by atoms with van der Waals surface area (Å²) < 4.78 is 14.8. The number of nitrogens with zero attached hydrogens (tertiary/aromatic N) is 4. The first kappa shape index (κ1) is 25.5. The minimum absolute atomic E-state index is 0. The molecule has 8 heteroatoms. The first-order valence-electron chi connectivity index (χ1n) is 12.2. The number of hydrogen-bond acceptors (Lipinski definition) is 4. The molecule has 1 aromatic rings. The highest BCUT2D eigenvalue weighted by Gasteiger charge is 2.31. The van der Waals surface area contributed by atoms with Gasteiger partial charge in [0.05, 0.1) is 12.2 Å². The smallest absolute Gasteiger partial charge is 0.191 e. The molecule has 0 bridgehead atoms. The van der Waals surface area contributed by atoms with Crippen LogP contribution >= 0.6 is 24.0 Å². The number of piperidine rings is 1. The Morgan fingerprint density at radius 1 is 1.03 bits per heavy atom. The molecule has 1 aromatic carbocycles. The minimum Gasteiger partial charge on any atom is -0.367 e. The van der Waals surface area contributed by atoms with Crippen LogP contribution in [-0.2, 0) is 6.54 Å². The average Bonchev–Trinajstić information content (AvgIpc) is 3.64. The molecule has 180 valence electrons. The van der Waals surface area contributed by atoms with Gasteiger partial charge < -0.3 is 25.3 Å². The standard InChI is InChI=1S/C24H39FN6.HI/c1-3-26-24(28-20-9-11-30(12-10-20)21-6-7-21)27-18-19-5-8-23(22(25)17-19)31-15-13-29(4-2)14-16-31;/h5,8,17,20-21H,3-4,6-7,9-16,18H2,1-2H3,(H2,26,27,28);1H. The normalized spacial score (nSPS) is 21.3. The average molecular weight is 559 g/mol. The van der Waals surface area contributed by atoms with E-state index >= 15 is 0 Å². The molecular formula is C24H40FIN6. The van der Waals surface area contributed by atoms with Gasteiger partial charge in [0.25, 0.3) is 0 Å². The van der Waals surface area contributed by atoms with Crippen LogP contribution in [0.25, 0.3) is 0 Å². The fraction of sp³-hybridized carbons (Fsp3) is 0.708. The monoisotopic (exact) mass is 558 g/mol. The third-order valence-corrected chi connectivity index (χ3v) is 6.87. The Morgan fingerprint density at radius 3 is 2.34 bits per heavy atom. The van der Waals surface area contributed by atoms with Crippen molar-refractivity contribution in [2.75, 3.05) is 57.3 Å². The zero-order chi connectivity index (χ0) is 21.6. The number of rotatable bonds is 7. The highest BCUT2D eigenvalue weighted by molar-refractivity contribution is 14.0. The van der Waals surface area contributed by atoms with Crippen LogP contribution in [0.15, 0.2) is 23.2 Å². The predicted octanol–water partition coefficient (Wildman–Crippen LogP) is 3.27. The van der Waals surface area contributed by atoms with Crippen molar-refractivity contribution < 1.29 is 4.39 Å². The van der Waals surface area contributed by atoms with Crippen LogP contribution in [0.3, 0.4) is 0 Å². The molecule has 0 aromatic heterocycles. The lowest BCUT2D eigenvalue weighted by atomic mass is 10.1. The molecule has 2 N–H and O–H groups in total. The van der Waals surface area contributed by atoms with Crippen molar-refractivity contribution in [3.8, 4) is 0 Å². The maximum absolute atomic E-state index is 14.8. The number of aliphatic imine (C=N–C) groups is 1. The van der Waals surface area contributed by atoms with Gasteiger partial charge in [0.15, 0.2) is 5.96 Å². The highest BCUT2D eigenvalue weighted by Crippen LogP contribution is 2.29. The Morgan fingerprint density at radius 2 is 1.75 bits per heavy atom. The Balaban J connectivity index is 0.00000289. The largest absolute Gasteiger partial charge is 0.367 e. The second kappa shape index (κ2) is 12.4. The van der Waals surface area contributed by atoms with Gasteiger partial charge in [-0.1, -0.05) is 13.0 Å². The van der Waals surface area contributed by atoms with E-state index in [1.54, 1.807) is 6.07 Å². The molecule has 0 unspecified atom stereocenters. The number of benzene rings is 1. The van der Waals surface area contributed by atoms with Crippen molar-refractivity contribution in [3.05, 3.63) is 29.6 Å². The van der Waals surface area contributed by atoms with E-state index < -0.39 is 0 Å². The molecule has 6 nitrogen and oxygen atoms in total. The van der Waals surface area contributed by atoms with E-state index in [0.717, 1.165) is 75.4 Å². The zero-order valence-electron chi connectivity index (χ0n) is 19.7. The van der Waals surface area contributed by atoms with Crippen molar-refractivity contribution in [1.82, 2.24) is 20.4 Å². The first-order chi connectivity index (χ1) is 15.2. The maximum atomic E-state index is 14.8. The number of halogens is 2. The summed E-state index contributed by atoms with van der Waals surface area (Å²) in [5.74, 6) is 0.704. The number of likely N-dealkylation sites (tertiary alicyclic amines) is 1. The van der Waals surface area contributed by atoms with Crippen molar-refractivity contribution in [2.24, 2.45) is 4.99 Å². The van der Waals surface area contributed by atoms with E-state index in [1.165, 1.54) is 25.9 Å². The van der Waals surface area contributed by atoms with Crippen molar-refractivity contribution >= 4 is 35.6 Å². The quantitative estimate of drug-likeness (QED) is 0.306. The molecule has 3 fully saturated rings. The second-order valence-corrected chi connectivity index (χ2v) is 9.09. The van der Waals surface area contributed by atoms with Gasteiger partial charge in [-0.05, 0) is 56.8 Å². The lowest BCUT2D eigenvalue weighted by molar-refractivity contribution is 0.197. The molecule has 2 aliphatic heterocycles. The van der Waals surface area contributed by atoms with Crippen LogP contribution in [-0.4, -0.2) is 80.2 Å². The fourth-order valence-corrected chi connectivity index (χ4v) is 4.74. The molecule has 32 heavy (non-hydrogen) atoms. The Bertz CT molecular complexity index is 740. The van der Waals surface area contributed by atoms with E-state index in [-0.39, 0.29) is 29.8 Å². The molecule has 0 atom stereocenters. The highest BCUT2D eigenvalue weighted by atomic mass is 127. The molecule has 1 aliphatic carbocycles. The number of piperazine rings is 1. The molecule has 2 saturated heterocycles. The van der Waals surface area contributed by atoms with Gasteiger partial charge in [-0.15, -0.1) is 24.0 Å². The number of guanidine groups is 1. The van der Waals surface area contributed by atoms with Gasteiger partial charge in [0.1, 0.15) is 5.82 Å². The summed E-state index contributed by atoms with van der Waals surface area (Å²) in [6.45, 7) is 12.8. The molecular weight excluding hydrogens is 518 g/mol. The van der Waals surface area contributed by atoms with E-state index in [0.29, 0.717) is 12.6 Å². The van der Waals surface area contributed by atoms with Gasteiger partial charge in [-0.25, -0.2) is 9.38 Å². The van der Waals surface area contributed by atoms with E-state index in [1.807, 2.05) is 12.1 Å². The maximum Gasteiger partial charge on any atom is 0.191 e.